The summed E-state index contributed by atoms with van der Waals surface area (Å²) in [4.78, 5) is 4.47. The lowest BCUT2D eigenvalue weighted by atomic mass is 10.1. The van der Waals surface area contributed by atoms with Gasteiger partial charge in [0.05, 0.1) is 11.4 Å². The van der Waals surface area contributed by atoms with E-state index in [2.05, 4.69) is 15.6 Å². The predicted molar refractivity (Wildman–Crippen MR) is 116 cm³/mol. The van der Waals surface area contributed by atoms with Gasteiger partial charge in [-0.3, -0.25) is 0 Å². The SMILES string of the molecule is CCNC(=NCc1ccccc1F)NCCc1ccc(S(N)(=O)=O)cc1.I. The number of rotatable bonds is 7. The third kappa shape index (κ3) is 7.81. The molecule has 0 radical (unpaired) electrons. The Hall–Kier alpha value is -1.72. The van der Waals surface area contributed by atoms with Gasteiger partial charge in [-0.1, -0.05) is 30.3 Å². The summed E-state index contributed by atoms with van der Waals surface area (Å²) in [5.41, 5.74) is 1.50. The molecule has 0 bridgehead atoms. The van der Waals surface area contributed by atoms with Gasteiger partial charge in [-0.2, -0.15) is 0 Å². The number of hydrogen-bond acceptors (Lipinski definition) is 3. The van der Waals surface area contributed by atoms with Gasteiger partial charge in [0.1, 0.15) is 5.82 Å². The van der Waals surface area contributed by atoms with E-state index < -0.39 is 10.0 Å². The maximum atomic E-state index is 13.7. The average molecular weight is 506 g/mol. The van der Waals surface area contributed by atoms with E-state index in [9.17, 15) is 12.8 Å². The summed E-state index contributed by atoms with van der Waals surface area (Å²) in [6, 6.07) is 13.0. The van der Waals surface area contributed by atoms with Gasteiger partial charge in [0.2, 0.25) is 10.0 Å². The number of hydrogen-bond donors (Lipinski definition) is 3. The van der Waals surface area contributed by atoms with E-state index in [4.69, 9.17) is 5.14 Å². The molecule has 148 valence electrons. The van der Waals surface area contributed by atoms with Crippen molar-refractivity contribution in [3.05, 3.63) is 65.5 Å². The number of aliphatic imine (C=N–C) groups is 1. The van der Waals surface area contributed by atoms with Gasteiger partial charge in [-0.05, 0) is 37.1 Å². The molecule has 0 fully saturated rings. The van der Waals surface area contributed by atoms with Gasteiger partial charge in [-0.25, -0.2) is 22.9 Å². The zero-order valence-corrected chi connectivity index (χ0v) is 18.1. The van der Waals surface area contributed by atoms with E-state index in [-0.39, 0.29) is 41.2 Å². The van der Waals surface area contributed by atoms with Crippen LogP contribution in [0.4, 0.5) is 4.39 Å². The van der Waals surface area contributed by atoms with Crippen LogP contribution in [0.25, 0.3) is 0 Å². The van der Waals surface area contributed by atoms with Crippen LogP contribution in [0, 0.1) is 5.82 Å². The molecule has 27 heavy (non-hydrogen) atoms. The van der Waals surface area contributed by atoms with Gasteiger partial charge in [0.25, 0.3) is 0 Å². The van der Waals surface area contributed by atoms with Crippen LogP contribution in [-0.2, 0) is 23.0 Å². The van der Waals surface area contributed by atoms with Gasteiger partial charge in [0, 0.05) is 18.7 Å². The second-order valence-electron chi connectivity index (χ2n) is 5.65. The largest absolute Gasteiger partial charge is 0.357 e. The molecule has 2 rings (SSSR count). The summed E-state index contributed by atoms with van der Waals surface area (Å²) in [6.45, 7) is 3.47. The van der Waals surface area contributed by atoms with Crippen LogP contribution < -0.4 is 15.8 Å². The van der Waals surface area contributed by atoms with Crippen molar-refractivity contribution < 1.29 is 12.8 Å². The fraction of sp³-hybridized carbons (Fsp3) is 0.278. The maximum absolute atomic E-state index is 13.7. The van der Waals surface area contributed by atoms with Gasteiger partial charge >= 0.3 is 0 Å². The fourth-order valence-electron chi connectivity index (χ4n) is 2.30. The summed E-state index contributed by atoms with van der Waals surface area (Å²) < 4.78 is 36.1. The third-order valence-corrected chi connectivity index (χ3v) is 4.60. The van der Waals surface area contributed by atoms with Crippen molar-refractivity contribution in [1.82, 2.24) is 10.6 Å². The van der Waals surface area contributed by atoms with Gasteiger partial charge in [0.15, 0.2) is 5.96 Å². The zero-order chi connectivity index (χ0) is 19.0. The Morgan fingerprint density at radius 3 is 2.37 bits per heavy atom. The molecule has 0 heterocycles. The van der Waals surface area contributed by atoms with Crippen molar-refractivity contribution in [2.24, 2.45) is 10.1 Å². The first-order valence-electron chi connectivity index (χ1n) is 8.27. The van der Waals surface area contributed by atoms with Crippen molar-refractivity contribution in [3.8, 4) is 0 Å². The Kier molecular flexibility index (Phi) is 9.67. The number of nitrogens with one attached hydrogen (secondary N) is 2. The molecule has 0 aliphatic heterocycles. The van der Waals surface area contributed by atoms with Crippen LogP contribution >= 0.6 is 24.0 Å². The Morgan fingerprint density at radius 2 is 1.78 bits per heavy atom. The minimum Gasteiger partial charge on any atom is -0.357 e. The third-order valence-electron chi connectivity index (χ3n) is 3.67. The number of sulfonamides is 1. The highest BCUT2D eigenvalue weighted by Gasteiger charge is 2.07. The van der Waals surface area contributed by atoms with Gasteiger partial charge < -0.3 is 10.6 Å². The fourth-order valence-corrected chi connectivity index (χ4v) is 2.82. The summed E-state index contributed by atoms with van der Waals surface area (Å²) >= 11 is 0. The lowest BCUT2D eigenvalue weighted by molar-refractivity contribution is 0.597. The molecule has 0 saturated carbocycles. The van der Waals surface area contributed by atoms with E-state index in [1.807, 2.05) is 6.92 Å². The first-order valence-corrected chi connectivity index (χ1v) is 9.82. The highest BCUT2D eigenvalue weighted by Crippen LogP contribution is 2.09. The first kappa shape index (κ1) is 23.3. The van der Waals surface area contributed by atoms with Crippen LogP contribution in [0.15, 0.2) is 58.4 Å². The predicted octanol–water partition coefficient (Wildman–Crippen LogP) is 2.39. The molecule has 0 atom stereocenters. The van der Waals surface area contributed by atoms with Gasteiger partial charge in [-0.15, -0.1) is 24.0 Å². The Labute approximate surface area is 176 Å². The molecule has 0 spiro atoms. The second kappa shape index (κ2) is 11.2. The molecule has 0 aliphatic carbocycles. The second-order valence-corrected chi connectivity index (χ2v) is 7.21. The molecule has 0 aliphatic rings. The lowest BCUT2D eigenvalue weighted by Gasteiger charge is -2.11. The Bertz CT molecular complexity index is 858. The number of primary sulfonamides is 1. The standard InChI is InChI=1S/C18H23FN4O2S.HI/c1-2-21-18(23-13-15-5-3-4-6-17(15)19)22-12-11-14-7-9-16(10-8-14)26(20,24)25;/h3-10H,2,11-13H2,1H3,(H2,20,24,25)(H2,21,22,23);1H. The topological polar surface area (TPSA) is 96.6 Å². The number of guanidine groups is 1. The van der Waals surface area contributed by atoms with E-state index in [0.717, 1.165) is 5.56 Å². The monoisotopic (exact) mass is 506 g/mol. The average Bonchev–Trinajstić information content (AvgIpc) is 2.60. The Morgan fingerprint density at radius 1 is 1.11 bits per heavy atom. The van der Waals surface area contributed by atoms with Crippen LogP contribution in [0.2, 0.25) is 0 Å². The summed E-state index contributed by atoms with van der Waals surface area (Å²) in [5, 5.41) is 11.4. The van der Waals surface area contributed by atoms with Crippen molar-refractivity contribution in [1.29, 1.82) is 0 Å². The molecule has 0 unspecified atom stereocenters. The van der Waals surface area contributed by atoms with E-state index in [0.29, 0.717) is 31.0 Å². The quantitative estimate of drug-likeness (QED) is 0.305. The Balaban J connectivity index is 0.00000364. The summed E-state index contributed by atoms with van der Waals surface area (Å²) in [7, 11) is -3.67. The molecule has 6 nitrogen and oxygen atoms in total. The van der Waals surface area contributed by atoms with Crippen molar-refractivity contribution in [3.63, 3.8) is 0 Å². The molecular formula is C18H24FIN4O2S. The van der Waals surface area contributed by atoms with E-state index in [1.54, 1.807) is 30.3 Å². The molecule has 0 saturated heterocycles. The molecule has 0 amide bonds. The number of nitrogens with zero attached hydrogens (tertiary/aromatic N) is 1. The molecule has 0 aromatic heterocycles. The van der Waals surface area contributed by atoms with Crippen molar-refractivity contribution >= 4 is 40.0 Å². The minimum atomic E-state index is -3.67. The van der Waals surface area contributed by atoms with Crippen molar-refractivity contribution in [2.45, 2.75) is 24.8 Å². The summed E-state index contributed by atoms with van der Waals surface area (Å²) in [6.07, 6.45) is 0.676. The minimum absolute atomic E-state index is 0. The highest BCUT2D eigenvalue weighted by molar-refractivity contribution is 14.0. The summed E-state index contributed by atoms with van der Waals surface area (Å²) in [5.74, 6) is 0.318. The van der Waals surface area contributed by atoms with Crippen LogP contribution in [0.1, 0.15) is 18.1 Å². The van der Waals surface area contributed by atoms with Crippen LogP contribution in [-0.4, -0.2) is 27.5 Å². The molecular weight excluding hydrogens is 482 g/mol. The van der Waals surface area contributed by atoms with Crippen LogP contribution in [0.5, 0.6) is 0 Å². The smallest absolute Gasteiger partial charge is 0.238 e. The normalized spacial score (nSPS) is 11.6. The zero-order valence-electron chi connectivity index (χ0n) is 15.0. The number of nitrogens with two attached hydrogens (primary N) is 1. The molecule has 4 N–H and O–H groups in total. The molecule has 9 heteroatoms. The van der Waals surface area contributed by atoms with E-state index in [1.165, 1.54) is 18.2 Å². The lowest BCUT2D eigenvalue weighted by Crippen LogP contribution is -2.38. The van der Waals surface area contributed by atoms with Crippen LogP contribution in [0.3, 0.4) is 0 Å². The van der Waals surface area contributed by atoms with E-state index >= 15 is 0 Å². The van der Waals surface area contributed by atoms with Crippen molar-refractivity contribution in [2.75, 3.05) is 13.1 Å². The number of halogens is 2. The maximum Gasteiger partial charge on any atom is 0.238 e. The molecule has 2 aromatic carbocycles. The number of benzene rings is 2. The first-order chi connectivity index (χ1) is 12.4. The molecule has 2 aromatic rings. The highest BCUT2D eigenvalue weighted by atomic mass is 127.